The van der Waals surface area contributed by atoms with E-state index in [0.29, 0.717) is 0 Å². The van der Waals surface area contributed by atoms with Crippen LogP contribution in [0.2, 0.25) is 0 Å². The molecule has 146 valence electrons. The number of rotatable bonds is 8. The lowest BCUT2D eigenvalue weighted by Crippen LogP contribution is -2.13. The highest BCUT2D eigenvalue weighted by Crippen LogP contribution is 2.38. The molecule has 0 heterocycles. The molecule has 0 unspecified atom stereocenters. The van der Waals surface area contributed by atoms with Gasteiger partial charge in [-0.3, -0.25) is 0 Å². The first-order valence-electron chi connectivity index (χ1n) is 10.6. The van der Waals surface area contributed by atoms with Gasteiger partial charge in [-0.05, 0) is 66.3 Å². The number of methoxy groups -OCH3 is 2. The Labute approximate surface area is 164 Å². The molecule has 1 aliphatic carbocycles. The van der Waals surface area contributed by atoms with E-state index in [0.717, 1.165) is 28.9 Å². The topological polar surface area (TPSA) is 18.5 Å². The molecule has 1 saturated carbocycles. The van der Waals surface area contributed by atoms with Crippen molar-refractivity contribution in [2.45, 2.75) is 64.2 Å². The molecule has 3 rings (SSSR count). The number of unbranched alkanes of at least 4 members (excludes halogenated alkanes) is 2. The molecule has 0 bridgehead atoms. The van der Waals surface area contributed by atoms with Gasteiger partial charge < -0.3 is 9.47 Å². The van der Waals surface area contributed by atoms with Crippen molar-refractivity contribution in [3.8, 4) is 22.6 Å². The van der Waals surface area contributed by atoms with Crippen LogP contribution in [0.25, 0.3) is 11.1 Å². The molecule has 0 aromatic heterocycles. The van der Waals surface area contributed by atoms with E-state index in [1.165, 1.54) is 62.5 Å². The molecule has 1 aliphatic rings. The maximum absolute atomic E-state index is 5.40. The smallest absolute Gasteiger partial charge is 0.123 e. The molecular weight excluding hydrogens is 332 g/mol. The Morgan fingerprint density at radius 1 is 0.778 bits per heavy atom. The minimum absolute atomic E-state index is 0.737. The van der Waals surface area contributed by atoms with Crippen molar-refractivity contribution >= 4 is 0 Å². The van der Waals surface area contributed by atoms with E-state index >= 15 is 0 Å². The fourth-order valence-electron chi connectivity index (χ4n) is 4.39. The lowest BCUT2D eigenvalue weighted by molar-refractivity contribution is 0.303. The molecule has 2 nitrogen and oxygen atoms in total. The quantitative estimate of drug-likeness (QED) is 0.459. The van der Waals surface area contributed by atoms with Crippen molar-refractivity contribution in [3.63, 3.8) is 0 Å². The minimum atomic E-state index is 0.737. The predicted molar refractivity (Wildman–Crippen MR) is 114 cm³/mol. The predicted octanol–water partition coefficient (Wildman–Crippen LogP) is 7.22. The largest absolute Gasteiger partial charge is 0.497 e. The summed E-state index contributed by atoms with van der Waals surface area (Å²) in [6, 6.07) is 15.2. The van der Waals surface area contributed by atoms with Gasteiger partial charge in [-0.15, -0.1) is 0 Å². The van der Waals surface area contributed by atoms with Crippen LogP contribution in [0.1, 0.15) is 69.8 Å². The van der Waals surface area contributed by atoms with Gasteiger partial charge in [0.15, 0.2) is 0 Å². The summed E-state index contributed by atoms with van der Waals surface area (Å²) in [5.74, 6) is 3.36. The maximum Gasteiger partial charge on any atom is 0.123 e. The van der Waals surface area contributed by atoms with E-state index < -0.39 is 0 Å². The van der Waals surface area contributed by atoms with Crippen molar-refractivity contribution in [1.29, 1.82) is 0 Å². The van der Waals surface area contributed by atoms with Gasteiger partial charge in [0.25, 0.3) is 0 Å². The number of benzene rings is 2. The average molecular weight is 367 g/mol. The Bertz CT molecular complexity index is 675. The van der Waals surface area contributed by atoms with Crippen molar-refractivity contribution in [2.24, 2.45) is 5.92 Å². The number of hydrogen-bond donors (Lipinski definition) is 0. The molecule has 0 N–H and O–H groups in total. The van der Waals surface area contributed by atoms with Gasteiger partial charge in [0.2, 0.25) is 0 Å². The lowest BCUT2D eigenvalue weighted by atomic mass is 9.77. The van der Waals surface area contributed by atoms with Crippen molar-refractivity contribution in [2.75, 3.05) is 14.2 Å². The lowest BCUT2D eigenvalue weighted by Gasteiger charge is -2.29. The van der Waals surface area contributed by atoms with Crippen molar-refractivity contribution in [1.82, 2.24) is 0 Å². The molecule has 0 atom stereocenters. The zero-order valence-corrected chi connectivity index (χ0v) is 17.2. The summed E-state index contributed by atoms with van der Waals surface area (Å²) in [5.41, 5.74) is 3.85. The second kappa shape index (κ2) is 9.82. The summed E-state index contributed by atoms with van der Waals surface area (Å²) in [6.07, 6.45) is 11.1. The van der Waals surface area contributed by atoms with Gasteiger partial charge in [-0.25, -0.2) is 0 Å². The highest BCUT2D eigenvalue weighted by molar-refractivity contribution is 5.67. The SMILES string of the molecule is CCCCCC1CCC(c2ccc(-c3cc(OC)cc(OC)c3)cc2)CC1. The van der Waals surface area contributed by atoms with Crippen molar-refractivity contribution < 1.29 is 9.47 Å². The number of hydrogen-bond acceptors (Lipinski definition) is 2. The molecule has 2 aromatic carbocycles. The summed E-state index contributed by atoms with van der Waals surface area (Å²) in [6.45, 7) is 2.29. The summed E-state index contributed by atoms with van der Waals surface area (Å²) in [7, 11) is 3.39. The van der Waals surface area contributed by atoms with E-state index in [-0.39, 0.29) is 0 Å². The van der Waals surface area contributed by atoms with Gasteiger partial charge in [-0.1, -0.05) is 56.9 Å². The Kier molecular flexibility index (Phi) is 7.20. The summed E-state index contributed by atoms with van der Waals surface area (Å²) < 4.78 is 10.8. The van der Waals surface area contributed by atoms with E-state index in [4.69, 9.17) is 9.47 Å². The molecule has 0 radical (unpaired) electrons. The second-order valence-corrected chi connectivity index (χ2v) is 7.94. The molecule has 0 amide bonds. The van der Waals surface area contributed by atoms with Crippen LogP contribution in [0.15, 0.2) is 42.5 Å². The van der Waals surface area contributed by atoms with Gasteiger partial charge >= 0.3 is 0 Å². The third-order valence-corrected chi connectivity index (χ3v) is 6.13. The van der Waals surface area contributed by atoms with E-state index in [9.17, 15) is 0 Å². The third kappa shape index (κ3) is 5.28. The van der Waals surface area contributed by atoms with Crippen LogP contribution < -0.4 is 9.47 Å². The summed E-state index contributed by atoms with van der Waals surface area (Å²) in [5, 5.41) is 0. The molecule has 2 heteroatoms. The van der Waals surface area contributed by atoms with Crippen LogP contribution in [0.5, 0.6) is 11.5 Å². The Balaban J connectivity index is 1.63. The van der Waals surface area contributed by atoms with E-state index in [2.05, 4.69) is 43.3 Å². The molecule has 0 aliphatic heterocycles. The molecule has 0 spiro atoms. The Morgan fingerprint density at radius 3 is 1.96 bits per heavy atom. The van der Waals surface area contributed by atoms with Crippen LogP contribution in [0.3, 0.4) is 0 Å². The van der Waals surface area contributed by atoms with E-state index in [1.807, 2.05) is 6.07 Å². The second-order valence-electron chi connectivity index (χ2n) is 7.94. The number of ether oxygens (including phenoxy) is 2. The van der Waals surface area contributed by atoms with Gasteiger partial charge in [-0.2, -0.15) is 0 Å². The standard InChI is InChI=1S/C25H34O2/c1-4-5-6-7-19-8-10-20(11-9-19)21-12-14-22(15-13-21)23-16-24(26-2)18-25(17-23)27-3/h12-20H,4-11H2,1-3H3. The monoisotopic (exact) mass is 366 g/mol. The minimum Gasteiger partial charge on any atom is -0.497 e. The first-order valence-corrected chi connectivity index (χ1v) is 10.6. The van der Waals surface area contributed by atoms with Crippen LogP contribution in [-0.4, -0.2) is 14.2 Å². The van der Waals surface area contributed by atoms with Crippen LogP contribution >= 0.6 is 0 Å². The fraction of sp³-hybridized carbons (Fsp3) is 0.520. The molecule has 0 saturated heterocycles. The van der Waals surface area contributed by atoms with Crippen LogP contribution in [0.4, 0.5) is 0 Å². The van der Waals surface area contributed by atoms with Gasteiger partial charge in [0.05, 0.1) is 14.2 Å². The van der Waals surface area contributed by atoms with Gasteiger partial charge in [0.1, 0.15) is 11.5 Å². The Morgan fingerprint density at radius 2 is 1.41 bits per heavy atom. The zero-order valence-electron chi connectivity index (χ0n) is 17.2. The fourth-order valence-corrected chi connectivity index (χ4v) is 4.39. The van der Waals surface area contributed by atoms with Gasteiger partial charge in [0, 0.05) is 6.07 Å². The molecule has 2 aromatic rings. The summed E-state index contributed by atoms with van der Waals surface area (Å²) >= 11 is 0. The van der Waals surface area contributed by atoms with Crippen molar-refractivity contribution in [3.05, 3.63) is 48.0 Å². The average Bonchev–Trinajstić information content (AvgIpc) is 2.74. The zero-order chi connectivity index (χ0) is 19.1. The molecule has 1 fully saturated rings. The molecule has 27 heavy (non-hydrogen) atoms. The highest BCUT2D eigenvalue weighted by atomic mass is 16.5. The normalized spacial score (nSPS) is 19.7. The van der Waals surface area contributed by atoms with Crippen LogP contribution in [0, 0.1) is 5.92 Å². The Hall–Kier alpha value is -1.96. The summed E-state index contributed by atoms with van der Waals surface area (Å²) in [4.78, 5) is 0. The third-order valence-electron chi connectivity index (χ3n) is 6.13. The molecular formula is C25H34O2. The maximum atomic E-state index is 5.40. The highest BCUT2D eigenvalue weighted by Gasteiger charge is 2.22. The first kappa shape index (κ1) is 19.8. The van der Waals surface area contributed by atoms with E-state index in [1.54, 1.807) is 14.2 Å². The van der Waals surface area contributed by atoms with Crippen LogP contribution in [-0.2, 0) is 0 Å². The first-order chi connectivity index (χ1) is 13.2.